The first-order valence-electron chi connectivity index (χ1n) is 10.1. The first-order chi connectivity index (χ1) is 15.4. The highest BCUT2D eigenvalue weighted by Gasteiger charge is 2.46. The molecule has 1 N–H and O–H groups in total. The van der Waals surface area contributed by atoms with Crippen molar-refractivity contribution in [3.8, 4) is 5.75 Å². The molecule has 0 spiro atoms. The highest BCUT2D eigenvalue weighted by molar-refractivity contribution is 6.46. The van der Waals surface area contributed by atoms with E-state index in [1.807, 2.05) is 6.92 Å². The Balaban J connectivity index is 2.09. The number of Topliss-reactive ketones (excluding diaryl/α,β-unsaturated/α-hetero) is 1. The largest absolute Gasteiger partial charge is 0.507 e. The second-order valence-corrected chi connectivity index (χ2v) is 7.21. The topological polar surface area (TPSA) is 119 Å². The molecule has 0 aromatic heterocycles. The molecule has 9 heteroatoms. The van der Waals surface area contributed by atoms with E-state index in [9.17, 15) is 24.8 Å². The Bertz CT molecular complexity index is 1050. The van der Waals surface area contributed by atoms with E-state index in [0.717, 1.165) is 6.42 Å². The van der Waals surface area contributed by atoms with Crippen LogP contribution in [-0.4, -0.2) is 53.5 Å². The number of ether oxygens (including phenoxy) is 2. The van der Waals surface area contributed by atoms with Gasteiger partial charge >= 0.3 is 0 Å². The zero-order chi connectivity index (χ0) is 23.3. The number of nitro benzene ring substituents is 1. The zero-order valence-electron chi connectivity index (χ0n) is 17.8. The first-order valence-corrected chi connectivity index (χ1v) is 10.1. The fourth-order valence-electron chi connectivity index (χ4n) is 3.54. The van der Waals surface area contributed by atoms with Crippen LogP contribution in [0.5, 0.6) is 5.75 Å². The number of nitro groups is 1. The van der Waals surface area contributed by atoms with Gasteiger partial charge in [0.15, 0.2) is 0 Å². The van der Waals surface area contributed by atoms with E-state index >= 15 is 0 Å². The van der Waals surface area contributed by atoms with Crippen LogP contribution in [0.1, 0.15) is 30.5 Å². The number of amides is 1. The minimum absolute atomic E-state index is 0.0784. The van der Waals surface area contributed by atoms with E-state index in [-0.39, 0.29) is 30.2 Å². The molecule has 32 heavy (non-hydrogen) atoms. The van der Waals surface area contributed by atoms with Crippen molar-refractivity contribution in [1.82, 2.24) is 4.90 Å². The predicted octanol–water partition coefficient (Wildman–Crippen LogP) is 3.45. The molecule has 0 saturated carbocycles. The zero-order valence-corrected chi connectivity index (χ0v) is 17.8. The summed E-state index contributed by atoms with van der Waals surface area (Å²) in [5.74, 6) is -1.41. The van der Waals surface area contributed by atoms with Crippen molar-refractivity contribution < 1.29 is 29.1 Å². The highest BCUT2D eigenvalue weighted by Crippen LogP contribution is 2.40. The van der Waals surface area contributed by atoms with Crippen molar-refractivity contribution in [2.75, 3.05) is 26.9 Å². The van der Waals surface area contributed by atoms with Crippen LogP contribution in [-0.2, 0) is 14.3 Å². The van der Waals surface area contributed by atoms with Gasteiger partial charge in [0.05, 0.1) is 29.8 Å². The number of nitrogens with zero attached hydrogens (tertiary/aromatic N) is 2. The molecule has 1 aliphatic heterocycles. The molecule has 0 bridgehead atoms. The summed E-state index contributed by atoms with van der Waals surface area (Å²) in [6.07, 6.45) is 0.843. The summed E-state index contributed by atoms with van der Waals surface area (Å²) in [5, 5.41) is 22.3. The average molecular weight is 440 g/mol. The maximum absolute atomic E-state index is 12.9. The Morgan fingerprint density at radius 1 is 1.16 bits per heavy atom. The van der Waals surface area contributed by atoms with Gasteiger partial charge in [-0.05, 0) is 36.2 Å². The molecule has 9 nitrogen and oxygen atoms in total. The van der Waals surface area contributed by atoms with Gasteiger partial charge in [-0.1, -0.05) is 19.1 Å². The van der Waals surface area contributed by atoms with Crippen LogP contribution in [0.25, 0.3) is 5.76 Å². The fourth-order valence-corrected chi connectivity index (χ4v) is 3.54. The van der Waals surface area contributed by atoms with Crippen molar-refractivity contribution in [3.63, 3.8) is 0 Å². The lowest BCUT2D eigenvalue weighted by Crippen LogP contribution is -2.32. The number of methoxy groups -OCH3 is 1. The summed E-state index contributed by atoms with van der Waals surface area (Å²) in [5.41, 5.74) is 0.360. The highest BCUT2D eigenvalue weighted by atomic mass is 16.6. The van der Waals surface area contributed by atoms with E-state index in [0.29, 0.717) is 23.5 Å². The van der Waals surface area contributed by atoms with E-state index in [2.05, 4.69) is 0 Å². The predicted molar refractivity (Wildman–Crippen MR) is 116 cm³/mol. The van der Waals surface area contributed by atoms with Gasteiger partial charge in [-0.25, -0.2) is 0 Å². The van der Waals surface area contributed by atoms with Crippen LogP contribution in [0, 0.1) is 10.1 Å². The smallest absolute Gasteiger partial charge is 0.295 e. The van der Waals surface area contributed by atoms with Crippen LogP contribution in [0.4, 0.5) is 5.69 Å². The number of hydrogen-bond donors (Lipinski definition) is 1. The number of ketones is 1. The number of rotatable bonds is 9. The number of hydrogen-bond acceptors (Lipinski definition) is 7. The maximum atomic E-state index is 12.9. The third-order valence-corrected chi connectivity index (χ3v) is 5.07. The number of carbonyl (C=O) groups is 2. The van der Waals surface area contributed by atoms with E-state index < -0.39 is 22.7 Å². The number of likely N-dealkylation sites (tertiary alicyclic amines) is 1. The molecular formula is C23H24N2O7. The summed E-state index contributed by atoms with van der Waals surface area (Å²) in [7, 11) is 1.46. The summed E-state index contributed by atoms with van der Waals surface area (Å²) in [6.45, 7) is 2.76. The molecule has 1 atom stereocenters. The van der Waals surface area contributed by atoms with Gasteiger partial charge in [0, 0.05) is 31.4 Å². The van der Waals surface area contributed by atoms with Crippen molar-refractivity contribution in [3.05, 3.63) is 75.3 Å². The molecule has 3 rings (SSSR count). The molecule has 1 fully saturated rings. The average Bonchev–Trinajstić information content (AvgIpc) is 3.06. The van der Waals surface area contributed by atoms with Gasteiger partial charge in [0.1, 0.15) is 11.5 Å². The van der Waals surface area contributed by atoms with Crippen LogP contribution in [0.3, 0.4) is 0 Å². The van der Waals surface area contributed by atoms with Crippen molar-refractivity contribution >= 4 is 23.1 Å². The minimum atomic E-state index is -0.985. The Morgan fingerprint density at radius 3 is 2.50 bits per heavy atom. The van der Waals surface area contributed by atoms with Crippen molar-refractivity contribution in [2.45, 2.75) is 19.4 Å². The number of aliphatic hydroxyl groups is 1. The monoisotopic (exact) mass is 440 g/mol. The molecule has 1 heterocycles. The molecular weight excluding hydrogens is 416 g/mol. The first kappa shape index (κ1) is 23.0. The number of aliphatic hydroxyl groups excluding tert-OH is 1. The van der Waals surface area contributed by atoms with Gasteiger partial charge in [-0.2, -0.15) is 0 Å². The van der Waals surface area contributed by atoms with Gasteiger partial charge in [-0.15, -0.1) is 0 Å². The van der Waals surface area contributed by atoms with Gasteiger partial charge < -0.3 is 19.5 Å². The molecule has 1 unspecified atom stereocenters. The van der Waals surface area contributed by atoms with Gasteiger partial charge in [-0.3, -0.25) is 19.7 Å². The van der Waals surface area contributed by atoms with E-state index in [4.69, 9.17) is 9.47 Å². The lowest BCUT2D eigenvalue weighted by Gasteiger charge is -2.24. The molecule has 0 aliphatic carbocycles. The Kier molecular flexibility index (Phi) is 7.21. The SMILES string of the molecule is CCCOc1ccc(/C(O)=C2\C(=O)C(=O)N(CCOC)C2c2cccc([N+](=O)[O-])c2)cc1. The molecule has 1 aliphatic rings. The summed E-state index contributed by atoms with van der Waals surface area (Å²) in [6, 6.07) is 11.2. The van der Waals surface area contributed by atoms with Crippen molar-refractivity contribution in [1.29, 1.82) is 0 Å². The molecule has 2 aromatic carbocycles. The standard InChI is InChI=1S/C23H24N2O7/c1-3-12-32-18-9-7-15(8-10-18)21(26)19-20(16-5-4-6-17(14-16)25(29)30)24(11-13-31-2)23(28)22(19)27/h4-10,14,20,26H,3,11-13H2,1-2H3/b21-19+. The van der Waals surface area contributed by atoms with E-state index in [1.54, 1.807) is 30.3 Å². The molecule has 168 valence electrons. The van der Waals surface area contributed by atoms with Crippen LogP contribution in [0.2, 0.25) is 0 Å². The second-order valence-electron chi connectivity index (χ2n) is 7.21. The Labute approximate surface area is 185 Å². The molecule has 0 radical (unpaired) electrons. The van der Waals surface area contributed by atoms with Crippen LogP contribution < -0.4 is 4.74 Å². The van der Waals surface area contributed by atoms with Crippen molar-refractivity contribution in [2.24, 2.45) is 0 Å². The van der Waals surface area contributed by atoms with Gasteiger partial charge in [0.25, 0.3) is 17.4 Å². The number of carbonyl (C=O) groups excluding carboxylic acids is 2. The summed E-state index contributed by atoms with van der Waals surface area (Å²) < 4.78 is 10.6. The number of benzene rings is 2. The second kappa shape index (κ2) is 10.1. The Morgan fingerprint density at radius 2 is 1.88 bits per heavy atom. The van der Waals surface area contributed by atoms with Crippen LogP contribution >= 0.6 is 0 Å². The van der Waals surface area contributed by atoms with Crippen LogP contribution in [0.15, 0.2) is 54.1 Å². The lowest BCUT2D eigenvalue weighted by atomic mass is 9.95. The minimum Gasteiger partial charge on any atom is -0.507 e. The third kappa shape index (κ3) is 4.62. The fraction of sp³-hybridized carbons (Fsp3) is 0.304. The van der Waals surface area contributed by atoms with E-state index in [1.165, 1.54) is 30.2 Å². The normalized spacial score (nSPS) is 17.6. The maximum Gasteiger partial charge on any atom is 0.295 e. The summed E-state index contributed by atoms with van der Waals surface area (Å²) in [4.78, 5) is 37.6. The number of non-ortho nitro benzene ring substituents is 1. The molecule has 1 amide bonds. The molecule has 2 aromatic rings. The third-order valence-electron chi connectivity index (χ3n) is 5.07. The summed E-state index contributed by atoms with van der Waals surface area (Å²) >= 11 is 0. The lowest BCUT2D eigenvalue weighted by molar-refractivity contribution is -0.384. The molecule has 1 saturated heterocycles. The Hall–Kier alpha value is -3.72. The van der Waals surface area contributed by atoms with Gasteiger partial charge in [0.2, 0.25) is 0 Å². The quantitative estimate of drug-likeness (QED) is 0.208.